The maximum Gasteiger partial charge on any atom is 0.124 e. The maximum atomic E-state index is 5.40. The van der Waals surface area contributed by atoms with Crippen LogP contribution in [0.15, 0.2) is 42.5 Å². The predicted octanol–water partition coefficient (Wildman–Crippen LogP) is 3.38. The van der Waals surface area contributed by atoms with Crippen LogP contribution in [0, 0.1) is 0 Å². The van der Waals surface area contributed by atoms with Crippen LogP contribution in [-0.4, -0.2) is 28.3 Å². The molecule has 0 unspecified atom stereocenters. The molecular formula is C17H22N2O2. The topological polar surface area (TPSA) is 33.7 Å². The highest BCUT2D eigenvalue weighted by Gasteiger charge is 2.07. The molecule has 0 aromatic heterocycles. The molecule has 0 spiro atoms. The number of hydrogen-bond acceptors (Lipinski definition) is 4. The smallest absolute Gasteiger partial charge is 0.124 e. The third-order valence-corrected chi connectivity index (χ3v) is 3.34. The van der Waals surface area contributed by atoms with Crippen molar-refractivity contribution in [2.24, 2.45) is 0 Å². The molecule has 4 heteroatoms. The summed E-state index contributed by atoms with van der Waals surface area (Å²) in [4.78, 5) is 2.09. The van der Waals surface area contributed by atoms with Crippen molar-refractivity contribution in [3.8, 4) is 11.5 Å². The van der Waals surface area contributed by atoms with Crippen LogP contribution >= 0.6 is 0 Å². The number of nitrogens with zero attached hydrogens (tertiary/aromatic N) is 1. The van der Waals surface area contributed by atoms with Gasteiger partial charge in [0.15, 0.2) is 0 Å². The number of ether oxygens (including phenoxy) is 2. The fourth-order valence-electron chi connectivity index (χ4n) is 2.22. The Morgan fingerprint density at radius 1 is 1.00 bits per heavy atom. The molecule has 0 aliphatic carbocycles. The Bertz CT molecular complexity index is 597. The molecule has 0 saturated carbocycles. The molecule has 2 aromatic carbocycles. The van der Waals surface area contributed by atoms with Crippen molar-refractivity contribution in [2.75, 3.05) is 38.5 Å². The van der Waals surface area contributed by atoms with Crippen LogP contribution in [0.4, 0.5) is 11.4 Å². The largest absolute Gasteiger partial charge is 0.497 e. The molecule has 0 aliphatic rings. The van der Waals surface area contributed by atoms with Gasteiger partial charge in [0.25, 0.3) is 0 Å². The molecule has 0 bridgehead atoms. The Labute approximate surface area is 126 Å². The lowest BCUT2D eigenvalue weighted by atomic mass is 10.1. The van der Waals surface area contributed by atoms with Gasteiger partial charge in [-0.2, -0.15) is 0 Å². The van der Waals surface area contributed by atoms with E-state index in [-0.39, 0.29) is 0 Å². The van der Waals surface area contributed by atoms with Gasteiger partial charge in [-0.3, -0.25) is 0 Å². The van der Waals surface area contributed by atoms with Gasteiger partial charge in [0.1, 0.15) is 11.5 Å². The van der Waals surface area contributed by atoms with E-state index >= 15 is 0 Å². The molecule has 1 N–H and O–H groups in total. The number of nitrogens with one attached hydrogen (secondary N) is 1. The van der Waals surface area contributed by atoms with Gasteiger partial charge in [0, 0.05) is 26.2 Å². The molecule has 0 radical (unpaired) electrons. The molecule has 0 atom stereocenters. The zero-order valence-corrected chi connectivity index (χ0v) is 13.0. The number of rotatable bonds is 6. The van der Waals surface area contributed by atoms with E-state index in [4.69, 9.17) is 9.47 Å². The second kappa shape index (κ2) is 6.88. The number of benzene rings is 2. The first-order valence-electron chi connectivity index (χ1n) is 6.87. The standard InChI is InChI=1S/C17H22N2O2/c1-19(2)16-8-6-5-7-15(16)18-12-13-11-14(20-3)9-10-17(13)21-4/h5-11,18H,12H2,1-4H3. The zero-order valence-electron chi connectivity index (χ0n) is 13.0. The SMILES string of the molecule is COc1ccc(OC)c(CNc2ccccc2N(C)C)c1. The van der Waals surface area contributed by atoms with Crippen molar-refractivity contribution < 1.29 is 9.47 Å². The summed E-state index contributed by atoms with van der Waals surface area (Å²) in [7, 11) is 7.42. The summed E-state index contributed by atoms with van der Waals surface area (Å²) in [6.07, 6.45) is 0. The van der Waals surface area contributed by atoms with E-state index in [0.29, 0.717) is 6.54 Å². The maximum absolute atomic E-state index is 5.40. The highest BCUT2D eigenvalue weighted by atomic mass is 16.5. The minimum absolute atomic E-state index is 0.672. The van der Waals surface area contributed by atoms with Crippen LogP contribution in [0.2, 0.25) is 0 Å². The predicted molar refractivity (Wildman–Crippen MR) is 87.6 cm³/mol. The molecule has 0 aliphatic heterocycles. The van der Waals surface area contributed by atoms with Gasteiger partial charge in [0.2, 0.25) is 0 Å². The van der Waals surface area contributed by atoms with Crippen molar-refractivity contribution in [1.82, 2.24) is 0 Å². The van der Waals surface area contributed by atoms with Crippen molar-refractivity contribution >= 4 is 11.4 Å². The monoisotopic (exact) mass is 286 g/mol. The Morgan fingerprint density at radius 2 is 1.76 bits per heavy atom. The number of para-hydroxylation sites is 2. The van der Waals surface area contributed by atoms with E-state index in [1.54, 1.807) is 14.2 Å². The van der Waals surface area contributed by atoms with E-state index in [9.17, 15) is 0 Å². The van der Waals surface area contributed by atoms with Crippen LogP contribution in [0.25, 0.3) is 0 Å². The van der Waals surface area contributed by atoms with E-state index in [1.807, 2.05) is 44.4 Å². The Morgan fingerprint density at radius 3 is 2.43 bits per heavy atom. The normalized spacial score (nSPS) is 10.1. The Kier molecular flexibility index (Phi) is 4.93. The highest BCUT2D eigenvalue weighted by Crippen LogP contribution is 2.27. The number of hydrogen-bond donors (Lipinski definition) is 1. The molecule has 2 aromatic rings. The highest BCUT2D eigenvalue weighted by molar-refractivity contribution is 5.69. The van der Waals surface area contributed by atoms with E-state index in [2.05, 4.69) is 22.3 Å². The fraction of sp³-hybridized carbons (Fsp3) is 0.294. The molecule has 4 nitrogen and oxygen atoms in total. The molecule has 21 heavy (non-hydrogen) atoms. The van der Waals surface area contributed by atoms with E-state index < -0.39 is 0 Å². The fourth-order valence-corrected chi connectivity index (χ4v) is 2.22. The molecule has 0 saturated heterocycles. The Balaban J connectivity index is 2.20. The van der Waals surface area contributed by atoms with Crippen LogP contribution in [0.1, 0.15) is 5.56 Å². The summed E-state index contributed by atoms with van der Waals surface area (Å²) in [5.74, 6) is 1.68. The second-order valence-electron chi connectivity index (χ2n) is 4.94. The number of methoxy groups -OCH3 is 2. The quantitative estimate of drug-likeness (QED) is 0.882. The average molecular weight is 286 g/mol. The molecular weight excluding hydrogens is 264 g/mol. The zero-order chi connectivity index (χ0) is 15.2. The van der Waals surface area contributed by atoms with Crippen LogP contribution in [0.3, 0.4) is 0 Å². The van der Waals surface area contributed by atoms with Gasteiger partial charge in [-0.25, -0.2) is 0 Å². The molecule has 0 heterocycles. The Hall–Kier alpha value is -2.36. The summed E-state index contributed by atoms with van der Waals surface area (Å²) in [6, 6.07) is 14.0. The first-order chi connectivity index (χ1) is 10.2. The second-order valence-corrected chi connectivity index (χ2v) is 4.94. The van der Waals surface area contributed by atoms with Crippen molar-refractivity contribution in [1.29, 1.82) is 0 Å². The van der Waals surface area contributed by atoms with Crippen molar-refractivity contribution in [3.63, 3.8) is 0 Å². The van der Waals surface area contributed by atoms with E-state index in [0.717, 1.165) is 28.4 Å². The van der Waals surface area contributed by atoms with Gasteiger partial charge < -0.3 is 19.7 Å². The lowest BCUT2D eigenvalue weighted by Crippen LogP contribution is -2.12. The van der Waals surface area contributed by atoms with Crippen LogP contribution in [0.5, 0.6) is 11.5 Å². The van der Waals surface area contributed by atoms with E-state index in [1.165, 1.54) is 0 Å². The van der Waals surface area contributed by atoms with Gasteiger partial charge in [-0.15, -0.1) is 0 Å². The summed E-state index contributed by atoms with van der Waals surface area (Å²) < 4.78 is 10.7. The summed E-state index contributed by atoms with van der Waals surface area (Å²) in [5.41, 5.74) is 3.30. The number of anilines is 2. The third kappa shape index (κ3) is 3.60. The minimum atomic E-state index is 0.672. The molecule has 112 valence electrons. The van der Waals surface area contributed by atoms with Gasteiger partial charge in [-0.05, 0) is 30.3 Å². The molecule has 0 amide bonds. The first kappa shape index (κ1) is 15.0. The average Bonchev–Trinajstić information content (AvgIpc) is 2.52. The van der Waals surface area contributed by atoms with Crippen molar-refractivity contribution in [3.05, 3.63) is 48.0 Å². The molecule has 2 rings (SSSR count). The van der Waals surface area contributed by atoms with Gasteiger partial charge in [-0.1, -0.05) is 12.1 Å². The lowest BCUT2D eigenvalue weighted by Gasteiger charge is -2.19. The lowest BCUT2D eigenvalue weighted by molar-refractivity contribution is 0.399. The summed E-state index contributed by atoms with van der Waals surface area (Å²) in [5, 5.41) is 3.46. The van der Waals surface area contributed by atoms with Crippen LogP contribution in [-0.2, 0) is 6.54 Å². The molecule has 0 fully saturated rings. The summed E-state index contributed by atoms with van der Waals surface area (Å²) in [6.45, 7) is 0.672. The minimum Gasteiger partial charge on any atom is -0.497 e. The third-order valence-electron chi connectivity index (χ3n) is 3.34. The van der Waals surface area contributed by atoms with Crippen LogP contribution < -0.4 is 19.7 Å². The summed E-state index contributed by atoms with van der Waals surface area (Å²) >= 11 is 0. The van der Waals surface area contributed by atoms with Gasteiger partial charge in [0.05, 0.1) is 25.6 Å². The first-order valence-corrected chi connectivity index (χ1v) is 6.87. The van der Waals surface area contributed by atoms with Crippen molar-refractivity contribution in [2.45, 2.75) is 6.54 Å². The van der Waals surface area contributed by atoms with Gasteiger partial charge >= 0.3 is 0 Å².